The topological polar surface area (TPSA) is 49.3 Å². The van der Waals surface area contributed by atoms with Gasteiger partial charge < -0.3 is 19.7 Å². The van der Waals surface area contributed by atoms with E-state index in [9.17, 15) is 0 Å². The third-order valence-electron chi connectivity index (χ3n) is 5.38. The number of benzene rings is 1. The van der Waals surface area contributed by atoms with Crippen LogP contribution in [0.2, 0.25) is 0 Å². The van der Waals surface area contributed by atoms with Gasteiger partial charge in [-0.15, -0.1) is 24.0 Å². The number of hydrogen-bond donors (Lipinski definition) is 1. The first-order valence-electron chi connectivity index (χ1n) is 10.2. The standard InChI is InChI=1S/C21H34N4O2.HI/c1-4-22-21(23-10-9-17-5-6-17)25-13-11-24(12-14-25)16-18-15-19(26-2)7-8-20(18)27-3;/h7-8,15,17H,4-6,9-14,16H2,1-3H3,(H,22,23);1H. The zero-order valence-electron chi connectivity index (χ0n) is 17.4. The van der Waals surface area contributed by atoms with Gasteiger partial charge in [0.1, 0.15) is 11.5 Å². The molecule has 0 atom stereocenters. The molecule has 2 fully saturated rings. The maximum Gasteiger partial charge on any atom is 0.194 e. The van der Waals surface area contributed by atoms with Gasteiger partial charge in [-0.05, 0) is 37.5 Å². The molecule has 2 aliphatic rings. The molecule has 0 spiro atoms. The molecule has 1 saturated carbocycles. The van der Waals surface area contributed by atoms with Gasteiger partial charge in [0.2, 0.25) is 0 Å². The van der Waals surface area contributed by atoms with E-state index >= 15 is 0 Å². The number of hydrogen-bond acceptors (Lipinski definition) is 4. The molecule has 1 aliphatic carbocycles. The van der Waals surface area contributed by atoms with Crippen molar-refractivity contribution in [3.8, 4) is 11.5 Å². The molecule has 0 bridgehead atoms. The first-order valence-corrected chi connectivity index (χ1v) is 10.2. The molecule has 1 N–H and O–H groups in total. The number of guanidine groups is 1. The van der Waals surface area contributed by atoms with Crippen LogP contribution in [-0.4, -0.2) is 69.2 Å². The van der Waals surface area contributed by atoms with Gasteiger partial charge in [-0.3, -0.25) is 9.89 Å². The monoisotopic (exact) mass is 502 g/mol. The van der Waals surface area contributed by atoms with Crippen LogP contribution in [0.15, 0.2) is 23.2 Å². The first kappa shape index (κ1) is 23.1. The van der Waals surface area contributed by atoms with Crippen molar-refractivity contribution in [2.75, 3.05) is 53.5 Å². The zero-order valence-corrected chi connectivity index (χ0v) is 19.8. The molecule has 1 heterocycles. The highest BCUT2D eigenvalue weighted by molar-refractivity contribution is 14.0. The SMILES string of the molecule is CCNC(=NCCC1CC1)N1CCN(Cc2cc(OC)ccc2OC)CC1.I. The Balaban J connectivity index is 0.00000280. The molecule has 1 aliphatic heterocycles. The van der Waals surface area contributed by atoms with Gasteiger partial charge in [0.05, 0.1) is 14.2 Å². The summed E-state index contributed by atoms with van der Waals surface area (Å²) in [7, 11) is 3.43. The minimum absolute atomic E-state index is 0. The molecule has 28 heavy (non-hydrogen) atoms. The Hall–Kier alpha value is -1.22. The maximum absolute atomic E-state index is 5.52. The van der Waals surface area contributed by atoms with Crippen molar-refractivity contribution in [1.29, 1.82) is 0 Å². The van der Waals surface area contributed by atoms with Crippen molar-refractivity contribution in [1.82, 2.24) is 15.1 Å². The summed E-state index contributed by atoms with van der Waals surface area (Å²) >= 11 is 0. The Bertz CT molecular complexity index is 629. The molecule has 0 radical (unpaired) electrons. The van der Waals surface area contributed by atoms with E-state index in [2.05, 4.69) is 28.1 Å². The number of piperazine rings is 1. The van der Waals surface area contributed by atoms with Gasteiger partial charge >= 0.3 is 0 Å². The number of rotatable bonds is 8. The van der Waals surface area contributed by atoms with Crippen LogP contribution in [0.3, 0.4) is 0 Å². The number of nitrogens with zero attached hydrogens (tertiary/aromatic N) is 3. The lowest BCUT2D eigenvalue weighted by atomic mass is 10.1. The van der Waals surface area contributed by atoms with Crippen molar-refractivity contribution >= 4 is 29.9 Å². The van der Waals surface area contributed by atoms with Crippen molar-refractivity contribution in [3.63, 3.8) is 0 Å². The lowest BCUT2D eigenvalue weighted by Gasteiger charge is -2.36. The number of methoxy groups -OCH3 is 2. The average molecular weight is 502 g/mol. The molecule has 0 amide bonds. The second kappa shape index (κ2) is 11.7. The first-order chi connectivity index (χ1) is 13.2. The van der Waals surface area contributed by atoms with E-state index in [-0.39, 0.29) is 24.0 Å². The van der Waals surface area contributed by atoms with Gasteiger partial charge in [-0.2, -0.15) is 0 Å². The highest BCUT2D eigenvalue weighted by Gasteiger charge is 2.22. The van der Waals surface area contributed by atoms with E-state index in [1.54, 1.807) is 14.2 Å². The summed E-state index contributed by atoms with van der Waals surface area (Å²) < 4.78 is 10.9. The largest absolute Gasteiger partial charge is 0.497 e. The van der Waals surface area contributed by atoms with Crippen LogP contribution in [0.5, 0.6) is 11.5 Å². The van der Waals surface area contributed by atoms with Crippen LogP contribution in [0, 0.1) is 5.92 Å². The van der Waals surface area contributed by atoms with Crippen LogP contribution in [0.25, 0.3) is 0 Å². The summed E-state index contributed by atoms with van der Waals surface area (Å²) in [6, 6.07) is 6.01. The van der Waals surface area contributed by atoms with E-state index in [4.69, 9.17) is 14.5 Å². The quantitative estimate of drug-likeness (QED) is 0.336. The van der Waals surface area contributed by atoms with Gasteiger partial charge in [-0.1, -0.05) is 12.8 Å². The van der Waals surface area contributed by atoms with Gasteiger partial charge in [0.25, 0.3) is 0 Å². The Kier molecular flexibility index (Phi) is 9.64. The number of halogens is 1. The van der Waals surface area contributed by atoms with E-state index < -0.39 is 0 Å². The third-order valence-corrected chi connectivity index (χ3v) is 5.38. The average Bonchev–Trinajstić information content (AvgIpc) is 3.52. The molecule has 6 nitrogen and oxygen atoms in total. The number of ether oxygens (including phenoxy) is 2. The summed E-state index contributed by atoms with van der Waals surface area (Å²) in [5.41, 5.74) is 1.18. The van der Waals surface area contributed by atoms with Gasteiger partial charge in [0.15, 0.2) is 5.96 Å². The molecule has 3 rings (SSSR count). The van der Waals surface area contributed by atoms with Gasteiger partial charge in [0, 0.05) is 51.4 Å². The van der Waals surface area contributed by atoms with Crippen molar-refractivity contribution in [2.24, 2.45) is 10.9 Å². The van der Waals surface area contributed by atoms with E-state index in [0.29, 0.717) is 0 Å². The lowest BCUT2D eigenvalue weighted by Crippen LogP contribution is -2.52. The second-order valence-corrected chi connectivity index (χ2v) is 7.41. The highest BCUT2D eigenvalue weighted by Crippen LogP contribution is 2.32. The van der Waals surface area contributed by atoms with Crippen LogP contribution >= 0.6 is 24.0 Å². The molecule has 0 unspecified atom stereocenters. The van der Waals surface area contributed by atoms with Crippen LogP contribution in [-0.2, 0) is 6.54 Å². The zero-order chi connectivity index (χ0) is 19.1. The summed E-state index contributed by atoms with van der Waals surface area (Å²) in [5.74, 6) is 3.82. The van der Waals surface area contributed by atoms with Crippen LogP contribution < -0.4 is 14.8 Å². The van der Waals surface area contributed by atoms with Crippen molar-refractivity contribution in [3.05, 3.63) is 23.8 Å². The predicted octanol–water partition coefficient (Wildman–Crippen LogP) is 3.21. The molecular weight excluding hydrogens is 467 g/mol. The number of nitrogens with one attached hydrogen (secondary N) is 1. The Morgan fingerprint density at radius 2 is 1.89 bits per heavy atom. The maximum atomic E-state index is 5.52. The van der Waals surface area contributed by atoms with E-state index in [1.165, 1.54) is 24.8 Å². The van der Waals surface area contributed by atoms with Gasteiger partial charge in [-0.25, -0.2) is 0 Å². The van der Waals surface area contributed by atoms with Crippen LogP contribution in [0.4, 0.5) is 0 Å². The lowest BCUT2D eigenvalue weighted by molar-refractivity contribution is 0.171. The molecule has 7 heteroatoms. The van der Waals surface area contributed by atoms with Crippen molar-refractivity contribution < 1.29 is 9.47 Å². The predicted molar refractivity (Wildman–Crippen MR) is 125 cm³/mol. The summed E-state index contributed by atoms with van der Waals surface area (Å²) in [5, 5.41) is 3.47. The Morgan fingerprint density at radius 3 is 2.50 bits per heavy atom. The summed E-state index contributed by atoms with van der Waals surface area (Å²) in [6.07, 6.45) is 4.04. The number of aliphatic imine (C=N–C) groups is 1. The third kappa shape index (κ3) is 6.69. The van der Waals surface area contributed by atoms with E-state index in [0.717, 1.165) is 69.2 Å². The fraction of sp³-hybridized carbons (Fsp3) is 0.667. The smallest absolute Gasteiger partial charge is 0.194 e. The molecule has 0 aromatic heterocycles. The second-order valence-electron chi connectivity index (χ2n) is 7.41. The fourth-order valence-corrected chi connectivity index (χ4v) is 3.55. The minimum Gasteiger partial charge on any atom is -0.497 e. The molecule has 1 aromatic carbocycles. The normalized spacial score (nSPS) is 17.8. The highest BCUT2D eigenvalue weighted by atomic mass is 127. The van der Waals surface area contributed by atoms with Crippen LogP contribution in [0.1, 0.15) is 31.7 Å². The molecular formula is C21H35IN4O2. The Labute approximate surface area is 186 Å². The Morgan fingerprint density at radius 1 is 1.14 bits per heavy atom. The molecule has 1 saturated heterocycles. The fourth-order valence-electron chi connectivity index (χ4n) is 3.55. The van der Waals surface area contributed by atoms with E-state index in [1.807, 2.05) is 12.1 Å². The molecule has 158 valence electrons. The minimum atomic E-state index is 0. The summed E-state index contributed by atoms with van der Waals surface area (Å²) in [4.78, 5) is 9.73. The molecule has 1 aromatic rings. The van der Waals surface area contributed by atoms with Crippen molar-refractivity contribution in [2.45, 2.75) is 32.7 Å². The summed E-state index contributed by atoms with van der Waals surface area (Å²) in [6.45, 7) is 8.94.